The van der Waals surface area contributed by atoms with Crippen LogP contribution in [0.4, 0.5) is 0 Å². The molecule has 1 aromatic carbocycles. The molecule has 0 aliphatic heterocycles. The highest BCUT2D eigenvalue weighted by Crippen LogP contribution is 2.27. The first kappa shape index (κ1) is 17.9. The van der Waals surface area contributed by atoms with Gasteiger partial charge in [0.05, 0.1) is 16.0 Å². The summed E-state index contributed by atoms with van der Waals surface area (Å²) < 4.78 is 0. The van der Waals surface area contributed by atoms with Crippen LogP contribution < -0.4 is 5.32 Å². The molecule has 0 unspecified atom stereocenters. The van der Waals surface area contributed by atoms with Crippen LogP contribution in [0, 0.1) is 5.41 Å². The van der Waals surface area contributed by atoms with Gasteiger partial charge in [-0.2, -0.15) is 0 Å². The zero-order valence-electron chi connectivity index (χ0n) is 12.4. The van der Waals surface area contributed by atoms with Crippen LogP contribution in [0.2, 0.25) is 5.02 Å². The molecule has 0 bridgehead atoms. The highest BCUT2D eigenvalue weighted by Gasteiger charge is 2.35. The molecule has 116 valence electrons. The Bertz CT molecular complexity index is 530. The number of aliphatic carboxylic acids is 1. The van der Waals surface area contributed by atoms with Crippen molar-refractivity contribution in [3.05, 3.63) is 28.8 Å². The predicted molar refractivity (Wildman–Crippen MR) is 86.2 cm³/mol. The Morgan fingerprint density at radius 3 is 2.43 bits per heavy atom. The van der Waals surface area contributed by atoms with Crippen LogP contribution in [0.3, 0.4) is 0 Å². The first-order valence-corrected chi connectivity index (χ1v) is 8.35. The third-order valence-electron chi connectivity index (χ3n) is 3.81. The first-order chi connectivity index (χ1) is 9.90. The first-order valence-electron chi connectivity index (χ1n) is 6.75. The summed E-state index contributed by atoms with van der Waals surface area (Å²) in [4.78, 5) is 24.6. The van der Waals surface area contributed by atoms with Gasteiger partial charge in [-0.05, 0) is 37.3 Å². The van der Waals surface area contributed by atoms with E-state index in [1.165, 1.54) is 11.8 Å². The van der Waals surface area contributed by atoms with Gasteiger partial charge >= 0.3 is 5.97 Å². The summed E-state index contributed by atoms with van der Waals surface area (Å²) in [6, 6.07) is 5.22. The van der Waals surface area contributed by atoms with Crippen molar-refractivity contribution in [1.29, 1.82) is 0 Å². The third kappa shape index (κ3) is 4.14. The van der Waals surface area contributed by atoms with Crippen molar-refractivity contribution in [2.45, 2.75) is 31.6 Å². The second kappa shape index (κ2) is 7.71. The molecule has 6 heteroatoms. The molecule has 0 radical (unpaired) electrons. The van der Waals surface area contributed by atoms with Gasteiger partial charge in [0.25, 0.3) is 5.91 Å². The van der Waals surface area contributed by atoms with E-state index >= 15 is 0 Å². The molecule has 1 aromatic rings. The Balaban J connectivity index is 2.89. The summed E-state index contributed by atoms with van der Waals surface area (Å²) in [5, 5.41) is 12.4. The van der Waals surface area contributed by atoms with E-state index in [0.717, 1.165) is 4.90 Å². The number of carboxylic acid groups (broad SMARTS) is 1. The van der Waals surface area contributed by atoms with Crippen LogP contribution in [0.1, 0.15) is 37.0 Å². The monoisotopic (exact) mass is 329 g/mol. The molecular formula is C15H20ClNO3S. The molecule has 0 aromatic heterocycles. The van der Waals surface area contributed by atoms with Crippen molar-refractivity contribution in [3.8, 4) is 0 Å². The zero-order chi connectivity index (χ0) is 16.0. The molecule has 2 N–H and O–H groups in total. The van der Waals surface area contributed by atoms with Crippen LogP contribution in [0.15, 0.2) is 23.1 Å². The van der Waals surface area contributed by atoms with Crippen molar-refractivity contribution < 1.29 is 14.7 Å². The largest absolute Gasteiger partial charge is 0.481 e. The average molecular weight is 330 g/mol. The van der Waals surface area contributed by atoms with E-state index in [9.17, 15) is 14.7 Å². The minimum absolute atomic E-state index is 0.0913. The maximum Gasteiger partial charge on any atom is 0.311 e. The van der Waals surface area contributed by atoms with Gasteiger partial charge in [-0.15, -0.1) is 11.8 Å². The van der Waals surface area contributed by atoms with Crippen LogP contribution in [-0.4, -0.2) is 29.8 Å². The van der Waals surface area contributed by atoms with E-state index in [-0.39, 0.29) is 12.5 Å². The Morgan fingerprint density at radius 2 is 1.95 bits per heavy atom. The van der Waals surface area contributed by atoms with Gasteiger partial charge in [0, 0.05) is 11.4 Å². The Hall–Kier alpha value is -1.20. The van der Waals surface area contributed by atoms with Crippen LogP contribution in [0.25, 0.3) is 0 Å². The number of thioether (sulfide) groups is 1. The van der Waals surface area contributed by atoms with Crippen LogP contribution >= 0.6 is 23.4 Å². The number of nitrogens with one attached hydrogen (secondary N) is 1. The fourth-order valence-electron chi connectivity index (χ4n) is 2.03. The van der Waals surface area contributed by atoms with E-state index in [4.69, 9.17) is 11.6 Å². The number of carboxylic acids is 1. The fraction of sp³-hybridized carbons (Fsp3) is 0.467. The number of carbonyl (C=O) groups is 2. The topological polar surface area (TPSA) is 66.4 Å². The Labute approximate surface area is 134 Å². The van der Waals surface area contributed by atoms with Crippen LogP contribution in [-0.2, 0) is 4.79 Å². The van der Waals surface area contributed by atoms with Gasteiger partial charge in [0.15, 0.2) is 0 Å². The molecule has 0 spiro atoms. The maximum atomic E-state index is 12.2. The molecule has 0 atom stereocenters. The SMILES string of the molecule is CCC(CC)(CNC(=O)c1cc(SC)ccc1Cl)C(=O)O. The lowest BCUT2D eigenvalue weighted by molar-refractivity contribution is -0.149. The molecule has 0 saturated heterocycles. The lowest BCUT2D eigenvalue weighted by Crippen LogP contribution is -2.42. The summed E-state index contributed by atoms with van der Waals surface area (Å²) in [5.41, 5.74) is -0.561. The zero-order valence-corrected chi connectivity index (χ0v) is 14.0. The minimum atomic E-state index is -0.931. The van der Waals surface area contributed by atoms with Crippen molar-refractivity contribution in [2.24, 2.45) is 5.41 Å². The van der Waals surface area contributed by atoms with E-state index in [2.05, 4.69) is 5.32 Å². The predicted octanol–water partition coefficient (Wildman–Crippen LogP) is 3.68. The van der Waals surface area contributed by atoms with Gasteiger partial charge < -0.3 is 10.4 Å². The van der Waals surface area contributed by atoms with Gasteiger partial charge in [0.1, 0.15) is 0 Å². The maximum absolute atomic E-state index is 12.2. The smallest absolute Gasteiger partial charge is 0.311 e. The molecule has 0 fully saturated rings. The van der Waals surface area contributed by atoms with Crippen molar-refractivity contribution in [3.63, 3.8) is 0 Å². The van der Waals surface area contributed by atoms with Gasteiger partial charge in [-0.25, -0.2) is 0 Å². The lowest BCUT2D eigenvalue weighted by Gasteiger charge is -2.26. The normalized spacial score (nSPS) is 11.2. The standard InChI is InChI=1S/C15H20ClNO3S/c1-4-15(5-2,14(19)20)9-17-13(18)11-8-10(21-3)6-7-12(11)16/h6-8H,4-5,9H2,1-3H3,(H,17,18)(H,19,20). The quantitative estimate of drug-likeness (QED) is 0.749. The van der Waals surface area contributed by atoms with E-state index in [0.29, 0.717) is 23.4 Å². The van der Waals surface area contributed by atoms with Crippen molar-refractivity contribution >= 4 is 35.2 Å². The number of amides is 1. The van der Waals surface area contributed by atoms with Gasteiger partial charge in [-0.3, -0.25) is 9.59 Å². The second-order valence-corrected chi connectivity index (χ2v) is 6.11. The minimum Gasteiger partial charge on any atom is -0.481 e. The number of carbonyl (C=O) groups excluding carboxylic acids is 1. The average Bonchev–Trinajstić information content (AvgIpc) is 2.48. The third-order valence-corrected chi connectivity index (χ3v) is 4.87. The van der Waals surface area contributed by atoms with Crippen LogP contribution in [0.5, 0.6) is 0 Å². The molecule has 0 saturated carbocycles. The van der Waals surface area contributed by atoms with E-state index in [1.54, 1.807) is 12.1 Å². The number of hydrogen-bond donors (Lipinski definition) is 2. The van der Waals surface area contributed by atoms with Gasteiger partial charge in [0.2, 0.25) is 0 Å². The second-order valence-electron chi connectivity index (χ2n) is 4.82. The lowest BCUT2D eigenvalue weighted by atomic mass is 9.82. The summed E-state index contributed by atoms with van der Waals surface area (Å²) in [6.07, 6.45) is 2.82. The Kier molecular flexibility index (Phi) is 6.55. The van der Waals surface area contributed by atoms with Crippen molar-refractivity contribution in [1.82, 2.24) is 5.32 Å². The van der Waals surface area contributed by atoms with E-state index in [1.807, 2.05) is 26.2 Å². The summed E-state index contributed by atoms with van der Waals surface area (Å²) in [6.45, 7) is 3.71. The number of hydrogen-bond acceptors (Lipinski definition) is 3. The molecular weight excluding hydrogens is 310 g/mol. The summed E-state index contributed by atoms with van der Waals surface area (Å²) >= 11 is 7.56. The molecule has 4 nitrogen and oxygen atoms in total. The molecule has 0 heterocycles. The van der Waals surface area contributed by atoms with E-state index < -0.39 is 11.4 Å². The fourth-order valence-corrected chi connectivity index (χ4v) is 2.67. The number of benzene rings is 1. The van der Waals surface area contributed by atoms with Gasteiger partial charge in [-0.1, -0.05) is 25.4 Å². The molecule has 1 rings (SSSR count). The highest BCUT2D eigenvalue weighted by molar-refractivity contribution is 7.98. The molecule has 1 amide bonds. The number of rotatable bonds is 7. The highest BCUT2D eigenvalue weighted by atomic mass is 35.5. The molecule has 0 aliphatic carbocycles. The van der Waals surface area contributed by atoms with Crippen molar-refractivity contribution in [2.75, 3.05) is 12.8 Å². The number of halogens is 1. The summed E-state index contributed by atoms with van der Waals surface area (Å²) in [7, 11) is 0. The molecule has 0 aliphatic rings. The molecule has 21 heavy (non-hydrogen) atoms. The summed E-state index contributed by atoms with van der Waals surface area (Å²) in [5.74, 6) is -1.24. The Morgan fingerprint density at radius 1 is 1.33 bits per heavy atom.